The number of aliphatic carboxylic acids is 1. The van der Waals surface area contributed by atoms with Gasteiger partial charge in [-0.15, -0.1) is 0 Å². The Morgan fingerprint density at radius 3 is 2.27 bits per heavy atom. The minimum Gasteiger partial charge on any atom is -0.504 e. The van der Waals surface area contributed by atoms with Gasteiger partial charge in [-0.05, 0) is 12.1 Å². The second kappa shape index (κ2) is 10.6. The maximum atomic E-state index is 12.3. The number of para-hydroxylation sites is 1. The summed E-state index contributed by atoms with van der Waals surface area (Å²) in [6.45, 7) is 0.884. The molecule has 1 aromatic rings. The number of carboxylic acids is 1. The van der Waals surface area contributed by atoms with Crippen LogP contribution >= 0.6 is 0 Å². The fraction of sp³-hybridized carbons (Fsp3) is 0.250. The number of hydrogen-bond donors (Lipinski definition) is 7. The number of carbonyl (C=O) groups is 4. The molecule has 0 aliphatic carbocycles. The van der Waals surface area contributed by atoms with Gasteiger partial charge in [-0.25, -0.2) is 14.4 Å². The van der Waals surface area contributed by atoms with E-state index in [9.17, 15) is 34.5 Å². The lowest BCUT2D eigenvalue weighted by atomic mass is 10.2. The minimum absolute atomic E-state index is 0.0994. The number of nitrogens with two attached hydrogens (primary N) is 1. The van der Waals surface area contributed by atoms with Crippen molar-refractivity contribution in [3.05, 3.63) is 36.0 Å². The first-order valence-corrected chi connectivity index (χ1v) is 7.97. The van der Waals surface area contributed by atoms with Crippen molar-refractivity contribution in [2.24, 2.45) is 5.73 Å². The van der Waals surface area contributed by atoms with Crippen LogP contribution in [-0.4, -0.2) is 79.9 Å². The van der Waals surface area contributed by atoms with Crippen LogP contribution in [0.1, 0.15) is 10.4 Å². The van der Waals surface area contributed by atoms with E-state index in [0.29, 0.717) is 0 Å². The largest absolute Gasteiger partial charge is 0.504 e. The number of hydroxylamine groups is 2. The number of aliphatic hydroxyl groups excluding tert-OH is 2. The van der Waals surface area contributed by atoms with Gasteiger partial charge in [-0.3, -0.25) is 4.79 Å². The molecule has 0 bridgehead atoms. The molecule has 14 nitrogen and oxygen atoms in total. The van der Waals surface area contributed by atoms with Crippen LogP contribution in [0.4, 0.5) is 0 Å². The van der Waals surface area contributed by atoms with E-state index in [-0.39, 0.29) is 5.23 Å². The molecule has 0 unspecified atom stereocenters. The normalized spacial score (nSPS) is 12.5. The number of carboxylic acid groups (broad SMARTS) is 1. The number of hydrogen-bond acceptors (Lipinski definition) is 12. The summed E-state index contributed by atoms with van der Waals surface area (Å²) in [7, 11) is 0. The van der Waals surface area contributed by atoms with Crippen LogP contribution in [0.25, 0.3) is 0 Å². The SMILES string of the molecule is C=C(N)C(=O)ON(OC(=O)c1cccc(O)c1O)[C@@H](CO)C(=O)N[C@@H](CO)C(=O)O. The van der Waals surface area contributed by atoms with Crippen molar-refractivity contribution in [1.82, 2.24) is 10.5 Å². The average molecular weight is 429 g/mol. The van der Waals surface area contributed by atoms with Crippen LogP contribution in [0, 0.1) is 0 Å². The zero-order chi connectivity index (χ0) is 23.0. The lowest BCUT2D eigenvalue weighted by Gasteiger charge is -2.26. The van der Waals surface area contributed by atoms with Gasteiger partial charge >= 0.3 is 17.9 Å². The van der Waals surface area contributed by atoms with Gasteiger partial charge in [-0.1, -0.05) is 12.6 Å². The third kappa shape index (κ3) is 6.06. The van der Waals surface area contributed by atoms with E-state index in [4.69, 9.17) is 20.8 Å². The Morgan fingerprint density at radius 2 is 1.77 bits per heavy atom. The van der Waals surface area contributed by atoms with Crippen LogP contribution < -0.4 is 11.1 Å². The van der Waals surface area contributed by atoms with Gasteiger partial charge in [0.1, 0.15) is 17.3 Å². The molecule has 30 heavy (non-hydrogen) atoms. The molecular formula is C16H19N3O11. The third-order valence-electron chi connectivity index (χ3n) is 3.37. The van der Waals surface area contributed by atoms with Crippen molar-refractivity contribution in [3.8, 4) is 11.5 Å². The molecule has 14 heteroatoms. The van der Waals surface area contributed by atoms with Gasteiger partial charge in [0.05, 0.1) is 18.4 Å². The summed E-state index contributed by atoms with van der Waals surface area (Å²) in [5.41, 5.74) is 3.85. The van der Waals surface area contributed by atoms with Gasteiger partial charge in [-0.2, -0.15) is 0 Å². The van der Waals surface area contributed by atoms with Crippen molar-refractivity contribution in [1.29, 1.82) is 0 Å². The Balaban J connectivity index is 3.19. The third-order valence-corrected chi connectivity index (χ3v) is 3.37. The minimum atomic E-state index is -2.02. The first-order chi connectivity index (χ1) is 14.0. The number of nitrogens with one attached hydrogen (secondary N) is 1. The number of aliphatic hydroxyl groups is 2. The molecule has 0 saturated carbocycles. The molecule has 0 heterocycles. The number of amides is 1. The number of benzene rings is 1. The molecule has 0 aliphatic heterocycles. The van der Waals surface area contributed by atoms with E-state index in [2.05, 4.69) is 11.4 Å². The van der Waals surface area contributed by atoms with Gasteiger partial charge in [0.25, 0.3) is 0 Å². The maximum absolute atomic E-state index is 12.3. The summed E-state index contributed by atoms with van der Waals surface area (Å²) < 4.78 is 0. The van der Waals surface area contributed by atoms with E-state index in [1.54, 1.807) is 0 Å². The first-order valence-electron chi connectivity index (χ1n) is 7.97. The Hall–Kier alpha value is -3.88. The first kappa shape index (κ1) is 24.2. The Bertz CT molecular complexity index is 842. The molecule has 0 spiro atoms. The van der Waals surface area contributed by atoms with E-state index in [1.807, 2.05) is 5.32 Å². The zero-order valence-electron chi connectivity index (χ0n) is 15.2. The van der Waals surface area contributed by atoms with Gasteiger partial charge in [0, 0.05) is 0 Å². The number of nitrogens with zero attached hydrogens (tertiary/aromatic N) is 1. The predicted molar refractivity (Wildman–Crippen MR) is 94.0 cm³/mol. The van der Waals surface area contributed by atoms with Gasteiger partial charge in [0.2, 0.25) is 5.91 Å². The van der Waals surface area contributed by atoms with E-state index < -0.39 is 71.9 Å². The quantitative estimate of drug-likeness (QED) is 0.114. The molecule has 164 valence electrons. The molecule has 1 amide bonds. The summed E-state index contributed by atoms with van der Waals surface area (Å²) in [4.78, 5) is 56.5. The predicted octanol–water partition coefficient (Wildman–Crippen LogP) is -2.68. The number of rotatable bonds is 10. The topological polar surface area (TPSA) is 229 Å². The number of phenolic OH excluding ortho intramolecular Hbond substituents is 2. The highest BCUT2D eigenvalue weighted by Crippen LogP contribution is 2.29. The summed E-state index contributed by atoms with van der Waals surface area (Å²) in [6.07, 6.45) is 0. The van der Waals surface area contributed by atoms with Gasteiger partial charge in [0.15, 0.2) is 17.5 Å². The van der Waals surface area contributed by atoms with Crippen molar-refractivity contribution in [2.75, 3.05) is 13.2 Å². The summed E-state index contributed by atoms with van der Waals surface area (Å²) in [5, 5.41) is 48.3. The van der Waals surface area contributed by atoms with E-state index in [0.717, 1.165) is 12.1 Å². The molecular weight excluding hydrogens is 410 g/mol. The second-order valence-electron chi connectivity index (χ2n) is 5.52. The fourth-order valence-corrected chi connectivity index (χ4v) is 1.81. The van der Waals surface area contributed by atoms with Crippen molar-refractivity contribution in [2.45, 2.75) is 12.1 Å². The molecule has 0 radical (unpaired) electrons. The van der Waals surface area contributed by atoms with Crippen LogP contribution in [0.5, 0.6) is 11.5 Å². The molecule has 1 aromatic carbocycles. The standard InChI is InChI=1S/C16H19N3O11/c1-7(17)15(27)29-19(10(6-21)13(24)18-9(5-20)14(25)26)30-16(28)8-3-2-4-11(22)12(8)23/h2-4,9-10,20-23H,1,5-6,17H2,(H,18,24)(H,25,26)/t9-,10-/m0/s1. The molecule has 0 fully saturated rings. The molecule has 8 N–H and O–H groups in total. The lowest BCUT2D eigenvalue weighted by molar-refractivity contribution is -0.328. The summed E-state index contributed by atoms with van der Waals surface area (Å²) in [6, 6.07) is -0.588. The maximum Gasteiger partial charge on any atom is 0.375 e. The van der Waals surface area contributed by atoms with E-state index >= 15 is 0 Å². The average Bonchev–Trinajstić information content (AvgIpc) is 2.68. The summed E-state index contributed by atoms with van der Waals surface area (Å²) >= 11 is 0. The molecule has 1 rings (SSSR count). The lowest BCUT2D eigenvalue weighted by Crippen LogP contribution is -2.55. The number of carbonyl (C=O) groups excluding carboxylic acids is 3. The van der Waals surface area contributed by atoms with Crippen LogP contribution in [-0.2, 0) is 24.1 Å². The Kier molecular flexibility index (Phi) is 8.54. The Labute approximate surface area is 168 Å². The monoisotopic (exact) mass is 429 g/mol. The van der Waals surface area contributed by atoms with Crippen LogP contribution in [0.3, 0.4) is 0 Å². The summed E-state index contributed by atoms with van der Waals surface area (Å²) in [5.74, 6) is -7.38. The Morgan fingerprint density at radius 1 is 1.13 bits per heavy atom. The van der Waals surface area contributed by atoms with Gasteiger partial charge < -0.3 is 46.3 Å². The molecule has 0 aliphatic rings. The van der Waals surface area contributed by atoms with Crippen LogP contribution in [0.2, 0.25) is 0 Å². The van der Waals surface area contributed by atoms with Crippen molar-refractivity contribution >= 4 is 23.8 Å². The molecule has 0 aromatic heterocycles. The second-order valence-corrected chi connectivity index (χ2v) is 5.52. The van der Waals surface area contributed by atoms with Crippen molar-refractivity contribution < 1.29 is 54.4 Å². The van der Waals surface area contributed by atoms with Crippen molar-refractivity contribution in [3.63, 3.8) is 0 Å². The zero-order valence-corrected chi connectivity index (χ0v) is 15.2. The van der Waals surface area contributed by atoms with Crippen LogP contribution in [0.15, 0.2) is 30.5 Å². The highest BCUT2D eigenvalue weighted by Gasteiger charge is 2.36. The smallest absolute Gasteiger partial charge is 0.375 e. The number of aromatic hydroxyl groups is 2. The molecule has 0 saturated heterocycles. The highest BCUT2D eigenvalue weighted by molar-refractivity contribution is 5.94. The fourth-order valence-electron chi connectivity index (χ4n) is 1.81. The number of phenols is 2. The highest BCUT2D eigenvalue weighted by atomic mass is 17.0. The van der Waals surface area contributed by atoms with E-state index in [1.165, 1.54) is 6.07 Å². The molecule has 2 atom stereocenters.